The first-order valence-electron chi connectivity index (χ1n) is 13.6. The lowest BCUT2D eigenvalue weighted by atomic mass is 10.2. The number of hydrogen-bond acceptors (Lipinski definition) is 13. The topological polar surface area (TPSA) is 203 Å². The van der Waals surface area contributed by atoms with Crippen LogP contribution in [0, 0.1) is 6.92 Å². The molecule has 0 atom stereocenters. The highest BCUT2D eigenvalue weighted by molar-refractivity contribution is 7.92. The number of aryl methyl sites for hydroxylation is 1. The molecule has 0 radical (unpaired) electrons. The van der Waals surface area contributed by atoms with Crippen LogP contribution in [0.4, 0.5) is 17.3 Å². The van der Waals surface area contributed by atoms with Gasteiger partial charge in [0.25, 0.3) is 10.0 Å². The van der Waals surface area contributed by atoms with Crippen LogP contribution < -0.4 is 14.8 Å². The molecular formula is C28H27N9O6S2. The fourth-order valence-electron chi connectivity index (χ4n) is 4.02. The molecular weight excluding hydrogens is 622 g/mol. The number of nitrogens with one attached hydrogen (secondary N) is 2. The molecule has 0 aliphatic heterocycles. The number of carbonyl (C=O) groups is 1. The molecule has 2 aromatic heterocycles. The number of hydrogen-bond donors (Lipinski definition) is 2. The van der Waals surface area contributed by atoms with Gasteiger partial charge in [-0.3, -0.25) is 9.52 Å². The zero-order valence-electron chi connectivity index (χ0n) is 23.9. The van der Waals surface area contributed by atoms with Gasteiger partial charge in [-0.2, -0.15) is 8.75 Å². The largest absolute Gasteiger partial charge is 0.424 e. The molecule has 45 heavy (non-hydrogen) atoms. The minimum atomic E-state index is -3.99. The second-order valence-corrected chi connectivity index (χ2v) is 11.6. The van der Waals surface area contributed by atoms with Gasteiger partial charge in [0.05, 0.1) is 66.2 Å². The maximum Gasteiger partial charge on any atom is 0.313 e. The molecule has 2 N–H and O–H groups in total. The van der Waals surface area contributed by atoms with Gasteiger partial charge in [0.15, 0.2) is 17.4 Å². The van der Waals surface area contributed by atoms with E-state index in [9.17, 15) is 13.2 Å². The zero-order chi connectivity index (χ0) is 31.6. The lowest BCUT2D eigenvalue weighted by Crippen LogP contribution is -2.16. The van der Waals surface area contributed by atoms with Gasteiger partial charge in [-0.05, 0) is 48.9 Å². The Morgan fingerprint density at radius 2 is 1.60 bits per heavy atom. The summed E-state index contributed by atoms with van der Waals surface area (Å²) in [6.07, 6.45) is -0.00501. The quantitative estimate of drug-likeness (QED) is 0.0380. The molecule has 15 nitrogen and oxygen atoms in total. The Balaban J connectivity index is 1.30. The molecule has 0 unspecified atom stereocenters. The third-order valence-electron chi connectivity index (χ3n) is 6.21. The third kappa shape index (κ3) is 8.17. The number of azide groups is 1. The molecule has 0 bridgehead atoms. The number of ether oxygens (including phenoxy) is 3. The maximum absolute atomic E-state index is 13.2. The number of nitrogens with zero attached hydrogens (tertiary/aromatic N) is 7. The highest BCUT2D eigenvalue weighted by atomic mass is 32.2. The number of rotatable bonds is 15. The molecule has 0 amide bonds. The average molecular weight is 650 g/mol. The molecule has 5 aromatic rings. The Kier molecular flexibility index (Phi) is 10.3. The van der Waals surface area contributed by atoms with E-state index in [-0.39, 0.29) is 55.1 Å². The standard InChI is InChI=1S/C28H27N9O6S2/c1-18-6-8-19(9-7-18)45(39,40)36-28-27(31-20-4-2-3-5-21(20)32-28)33-22-10-11-23(26-25(22)34-44-35-26)43-24(38)12-14-41-16-17-42-15-13-30-37-29/h2-11H,12-17H2,1H3,(H,31,33)(H,32,36). The second kappa shape index (κ2) is 14.7. The summed E-state index contributed by atoms with van der Waals surface area (Å²) in [5.41, 5.74) is 11.4. The van der Waals surface area contributed by atoms with E-state index in [2.05, 4.69) is 38.8 Å². The van der Waals surface area contributed by atoms with E-state index in [1.54, 1.807) is 48.5 Å². The van der Waals surface area contributed by atoms with E-state index in [0.29, 0.717) is 34.4 Å². The molecule has 2 heterocycles. The number of aromatic nitrogens is 4. The van der Waals surface area contributed by atoms with Gasteiger partial charge in [0, 0.05) is 11.5 Å². The van der Waals surface area contributed by atoms with Crippen molar-refractivity contribution in [3.8, 4) is 5.75 Å². The van der Waals surface area contributed by atoms with Crippen molar-refractivity contribution in [1.82, 2.24) is 18.7 Å². The van der Waals surface area contributed by atoms with E-state index in [4.69, 9.17) is 19.7 Å². The first-order chi connectivity index (χ1) is 21.8. The van der Waals surface area contributed by atoms with E-state index in [1.165, 1.54) is 12.1 Å². The fraction of sp³-hybridized carbons (Fsp3) is 0.250. The first kappa shape index (κ1) is 31.5. The number of fused-ring (bicyclic) bond motifs is 2. The average Bonchev–Trinajstić information content (AvgIpc) is 3.53. The minimum absolute atomic E-state index is 0.00501. The number of carbonyl (C=O) groups excluding carboxylic acids is 1. The maximum atomic E-state index is 13.2. The predicted molar refractivity (Wildman–Crippen MR) is 168 cm³/mol. The smallest absolute Gasteiger partial charge is 0.313 e. The van der Waals surface area contributed by atoms with Crippen molar-refractivity contribution in [1.29, 1.82) is 0 Å². The molecule has 17 heteroatoms. The summed E-state index contributed by atoms with van der Waals surface area (Å²) in [6.45, 7) is 3.08. The monoisotopic (exact) mass is 649 g/mol. The zero-order valence-corrected chi connectivity index (χ0v) is 25.5. The predicted octanol–water partition coefficient (Wildman–Crippen LogP) is 5.13. The highest BCUT2D eigenvalue weighted by Gasteiger charge is 2.21. The minimum Gasteiger partial charge on any atom is -0.424 e. The highest BCUT2D eigenvalue weighted by Crippen LogP contribution is 2.34. The van der Waals surface area contributed by atoms with Gasteiger partial charge in [0.1, 0.15) is 11.0 Å². The van der Waals surface area contributed by atoms with E-state index in [0.717, 1.165) is 17.3 Å². The molecule has 5 rings (SSSR count). The van der Waals surface area contributed by atoms with Gasteiger partial charge in [-0.15, -0.1) is 0 Å². The summed E-state index contributed by atoms with van der Waals surface area (Å²) in [6, 6.07) is 16.7. The van der Waals surface area contributed by atoms with Crippen molar-refractivity contribution in [2.45, 2.75) is 18.2 Å². The summed E-state index contributed by atoms with van der Waals surface area (Å²) in [7, 11) is -3.99. The summed E-state index contributed by atoms with van der Waals surface area (Å²) in [4.78, 5) is 24.3. The molecule has 0 saturated carbocycles. The Morgan fingerprint density at radius 1 is 0.911 bits per heavy atom. The van der Waals surface area contributed by atoms with Crippen LogP contribution in [0.25, 0.3) is 32.5 Å². The van der Waals surface area contributed by atoms with Crippen molar-refractivity contribution in [3.05, 3.63) is 76.7 Å². The number of anilines is 3. The van der Waals surface area contributed by atoms with Crippen molar-refractivity contribution >= 4 is 67.1 Å². The second-order valence-electron chi connectivity index (χ2n) is 9.43. The lowest BCUT2D eigenvalue weighted by molar-refractivity contribution is -0.135. The van der Waals surface area contributed by atoms with Crippen LogP contribution >= 0.6 is 11.7 Å². The fourth-order valence-corrected chi connectivity index (χ4v) is 5.59. The summed E-state index contributed by atoms with van der Waals surface area (Å²) >= 11 is 0.924. The van der Waals surface area contributed by atoms with E-state index < -0.39 is 16.0 Å². The molecule has 3 aromatic carbocycles. The van der Waals surface area contributed by atoms with Gasteiger partial charge in [-0.1, -0.05) is 34.9 Å². The lowest BCUT2D eigenvalue weighted by Gasteiger charge is -2.14. The number of esters is 1. The van der Waals surface area contributed by atoms with Crippen LogP contribution in [-0.2, 0) is 24.3 Å². The van der Waals surface area contributed by atoms with Crippen LogP contribution in [0.3, 0.4) is 0 Å². The van der Waals surface area contributed by atoms with Crippen molar-refractivity contribution in [3.63, 3.8) is 0 Å². The Bertz CT molecular complexity index is 1960. The van der Waals surface area contributed by atoms with Crippen LogP contribution in [0.15, 0.2) is 70.7 Å². The van der Waals surface area contributed by atoms with Gasteiger partial charge in [-0.25, -0.2) is 18.4 Å². The summed E-state index contributed by atoms with van der Waals surface area (Å²) in [5, 5.41) is 6.50. The molecule has 0 aliphatic rings. The third-order valence-corrected chi connectivity index (χ3v) is 8.09. The van der Waals surface area contributed by atoms with Crippen LogP contribution in [0.2, 0.25) is 0 Å². The van der Waals surface area contributed by atoms with Crippen LogP contribution in [-0.4, -0.2) is 66.1 Å². The van der Waals surface area contributed by atoms with E-state index in [1.807, 2.05) is 6.92 Å². The Labute approximate surface area is 261 Å². The van der Waals surface area contributed by atoms with Crippen molar-refractivity contribution in [2.24, 2.45) is 5.11 Å². The van der Waals surface area contributed by atoms with Gasteiger partial charge < -0.3 is 19.5 Å². The van der Waals surface area contributed by atoms with Gasteiger partial charge in [0.2, 0.25) is 0 Å². The summed E-state index contributed by atoms with van der Waals surface area (Å²) in [5.74, 6) is -0.187. The first-order valence-corrected chi connectivity index (χ1v) is 15.8. The van der Waals surface area contributed by atoms with Crippen molar-refractivity contribution < 1.29 is 27.4 Å². The molecule has 0 saturated heterocycles. The number of sulfonamides is 1. The number of benzene rings is 3. The van der Waals surface area contributed by atoms with E-state index >= 15 is 0 Å². The van der Waals surface area contributed by atoms with Crippen LogP contribution in [0.5, 0.6) is 5.75 Å². The molecule has 0 aliphatic carbocycles. The summed E-state index contributed by atoms with van der Waals surface area (Å²) < 4.78 is 53.8. The normalized spacial score (nSPS) is 11.3. The van der Waals surface area contributed by atoms with Gasteiger partial charge >= 0.3 is 5.97 Å². The Hall–Kier alpha value is -4.93. The molecule has 232 valence electrons. The van der Waals surface area contributed by atoms with Crippen molar-refractivity contribution in [2.75, 3.05) is 43.0 Å². The molecule has 0 spiro atoms. The number of para-hydroxylation sites is 2. The van der Waals surface area contributed by atoms with Crippen LogP contribution in [0.1, 0.15) is 12.0 Å². The molecule has 0 fully saturated rings. The SMILES string of the molecule is Cc1ccc(S(=O)(=O)Nc2nc3ccccc3nc2Nc2ccc(OC(=O)CCOCCOCCN=[N+]=[N-])c3nsnc23)cc1. The Morgan fingerprint density at radius 3 is 2.33 bits per heavy atom.